The van der Waals surface area contributed by atoms with Gasteiger partial charge >= 0.3 is 6.18 Å². The Labute approximate surface area is 201 Å². The number of hydrogen-bond donors (Lipinski definition) is 2. The van der Waals surface area contributed by atoms with Gasteiger partial charge in [0.2, 0.25) is 5.91 Å². The van der Waals surface area contributed by atoms with Gasteiger partial charge in [0.05, 0.1) is 11.8 Å². The van der Waals surface area contributed by atoms with Gasteiger partial charge in [-0.15, -0.1) is 0 Å². The summed E-state index contributed by atoms with van der Waals surface area (Å²) in [6.07, 6.45) is -3.97. The molecule has 194 valence electrons. The second-order valence-electron chi connectivity index (χ2n) is 9.77. The van der Waals surface area contributed by atoms with E-state index < -0.39 is 24.6 Å². The van der Waals surface area contributed by atoms with E-state index in [-0.39, 0.29) is 11.9 Å². The van der Waals surface area contributed by atoms with E-state index in [0.717, 1.165) is 76.0 Å². The summed E-state index contributed by atoms with van der Waals surface area (Å²) < 4.78 is 56.3. The van der Waals surface area contributed by atoms with Gasteiger partial charge in [-0.2, -0.15) is 13.2 Å². The summed E-state index contributed by atoms with van der Waals surface area (Å²) in [4.78, 5) is 16.4. The number of carbonyl (C=O) groups excluding carboxylic acids is 1. The smallest absolute Gasteiger partial charge is 0.383 e. The molecule has 0 unspecified atom stereocenters. The van der Waals surface area contributed by atoms with Crippen LogP contribution in [0.25, 0.3) is 11.0 Å². The van der Waals surface area contributed by atoms with E-state index >= 15 is 0 Å². The Bertz CT molecular complexity index is 1010. The van der Waals surface area contributed by atoms with Gasteiger partial charge in [0.1, 0.15) is 5.82 Å². The largest absolute Gasteiger partial charge is 0.414 e. The van der Waals surface area contributed by atoms with E-state index in [4.69, 9.17) is 9.63 Å². The summed E-state index contributed by atoms with van der Waals surface area (Å²) >= 11 is 0. The van der Waals surface area contributed by atoms with Gasteiger partial charge < -0.3 is 19.8 Å². The number of anilines is 1. The standard InChI is InChI=1S/C24H32F4N4O3/c1-15-12-18-20(13-19(15)25)35-30-23(18)32-10-8-31(9-11-32)7-6-16-2-4-17(5-3-16)29-22(34)14-21(33)24(26,27)28/h12-13,16-17,21,33H,2-11,14H2,1H3,(H,29,34)/t16?,17?,21-/m0/s1. The maximum absolute atomic E-state index is 13.8. The van der Waals surface area contributed by atoms with E-state index in [1.165, 1.54) is 6.07 Å². The molecule has 1 aromatic heterocycles. The molecule has 7 nitrogen and oxygen atoms in total. The molecule has 0 radical (unpaired) electrons. The lowest BCUT2D eigenvalue weighted by Crippen LogP contribution is -2.47. The van der Waals surface area contributed by atoms with Crippen LogP contribution in [0, 0.1) is 18.7 Å². The van der Waals surface area contributed by atoms with Crippen LogP contribution in [0.2, 0.25) is 0 Å². The number of carbonyl (C=O) groups is 1. The third-order valence-electron chi connectivity index (χ3n) is 7.23. The fourth-order valence-electron chi connectivity index (χ4n) is 5.01. The Morgan fingerprint density at radius 1 is 1.20 bits per heavy atom. The summed E-state index contributed by atoms with van der Waals surface area (Å²) in [5.41, 5.74) is 1.02. The van der Waals surface area contributed by atoms with Crippen LogP contribution >= 0.6 is 0 Å². The van der Waals surface area contributed by atoms with E-state index in [2.05, 4.69) is 20.3 Å². The minimum atomic E-state index is -4.78. The van der Waals surface area contributed by atoms with Gasteiger partial charge in [-0.3, -0.25) is 9.69 Å². The quantitative estimate of drug-likeness (QED) is 0.564. The summed E-state index contributed by atoms with van der Waals surface area (Å²) in [5, 5.41) is 16.7. The molecule has 0 spiro atoms. The number of amides is 1. The Balaban J connectivity index is 1.16. The topological polar surface area (TPSA) is 81.8 Å². The van der Waals surface area contributed by atoms with Crippen molar-refractivity contribution < 1.29 is 32.0 Å². The van der Waals surface area contributed by atoms with Crippen LogP contribution in [0.4, 0.5) is 23.4 Å². The maximum Gasteiger partial charge on any atom is 0.414 e. The van der Waals surface area contributed by atoms with Crippen LogP contribution < -0.4 is 10.2 Å². The number of nitrogens with one attached hydrogen (secondary N) is 1. The second-order valence-corrected chi connectivity index (χ2v) is 9.77. The third kappa shape index (κ3) is 6.43. The van der Waals surface area contributed by atoms with Crippen molar-refractivity contribution in [3.05, 3.63) is 23.5 Å². The summed E-state index contributed by atoms with van der Waals surface area (Å²) in [6.45, 7) is 6.09. The van der Waals surface area contributed by atoms with Crippen LogP contribution in [0.15, 0.2) is 16.7 Å². The third-order valence-corrected chi connectivity index (χ3v) is 7.23. The normalized spacial score (nSPS) is 23.0. The number of piperazine rings is 1. The molecule has 1 saturated heterocycles. The minimum absolute atomic E-state index is 0.128. The number of halogens is 4. The fourth-order valence-corrected chi connectivity index (χ4v) is 5.01. The molecular formula is C24H32F4N4O3. The second kappa shape index (κ2) is 10.7. The summed E-state index contributed by atoms with van der Waals surface area (Å²) in [5.74, 6) is 0.225. The van der Waals surface area contributed by atoms with Crippen molar-refractivity contribution in [3.8, 4) is 0 Å². The Morgan fingerprint density at radius 3 is 2.54 bits per heavy atom. The molecule has 1 saturated carbocycles. The predicted octanol–water partition coefficient (Wildman–Crippen LogP) is 3.78. The van der Waals surface area contributed by atoms with E-state index in [9.17, 15) is 22.4 Å². The molecule has 1 aromatic carbocycles. The number of fused-ring (bicyclic) bond motifs is 1. The number of aliphatic hydroxyl groups excluding tert-OH is 1. The van der Waals surface area contributed by atoms with Crippen molar-refractivity contribution in [1.82, 2.24) is 15.4 Å². The highest BCUT2D eigenvalue weighted by atomic mass is 19.4. The molecule has 2 fully saturated rings. The SMILES string of the molecule is Cc1cc2c(N3CCN(CCC4CCC(NC(=O)C[C@H](O)C(F)(F)F)CC4)CC3)noc2cc1F. The predicted molar refractivity (Wildman–Crippen MR) is 123 cm³/mol. The molecule has 11 heteroatoms. The molecule has 2 aromatic rings. The number of benzene rings is 1. The number of rotatable bonds is 7. The van der Waals surface area contributed by atoms with Crippen LogP contribution in [0.1, 0.15) is 44.1 Å². The van der Waals surface area contributed by atoms with Gasteiger partial charge in [0, 0.05) is 38.3 Å². The molecule has 2 N–H and O–H groups in total. The lowest BCUT2D eigenvalue weighted by Gasteiger charge is -2.36. The number of hydrogen-bond acceptors (Lipinski definition) is 6. The molecular weight excluding hydrogens is 468 g/mol. The van der Waals surface area contributed by atoms with E-state index in [1.807, 2.05) is 0 Å². The number of nitrogens with zero attached hydrogens (tertiary/aromatic N) is 3. The van der Waals surface area contributed by atoms with Crippen molar-refractivity contribution in [2.24, 2.45) is 5.92 Å². The minimum Gasteiger partial charge on any atom is -0.383 e. The highest BCUT2D eigenvalue weighted by Crippen LogP contribution is 2.30. The zero-order valence-electron chi connectivity index (χ0n) is 19.8. The summed E-state index contributed by atoms with van der Waals surface area (Å²) in [6, 6.07) is 3.03. The van der Waals surface area contributed by atoms with Gasteiger partial charge in [-0.05, 0) is 63.1 Å². The van der Waals surface area contributed by atoms with Crippen molar-refractivity contribution in [3.63, 3.8) is 0 Å². The molecule has 4 rings (SSSR count). The number of aromatic nitrogens is 1. The fraction of sp³-hybridized carbons (Fsp3) is 0.667. The molecule has 1 amide bonds. The van der Waals surface area contributed by atoms with Gasteiger partial charge in [0.15, 0.2) is 17.5 Å². The van der Waals surface area contributed by atoms with Crippen LogP contribution in [-0.2, 0) is 4.79 Å². The number of aryl methyl sites for hydroxylation is 1. The van der Waals surface area contributed by atoms with Crippen LogP contribution in [0.3, 0.4) is 0 Å². The average molecular weight is 501 g/mol. The average Bonchev–Trinajstić information content (AvgIpc) is 3.21. The first-order chi connectivity index (χ1) is 16.6. The zero-order chi connectivity index (χ0) is 25.2. The Hall–Kier alpha value is -2.40. The van der Waals surface area contributed by atoms with Gasteiger partial charge in [-0.1, -0.05) is 5.16 Å². The Morgan fingerprint density at radius 2 is 1.89 bits per heavy atom. The van der Waals surface area contributed by atoms with Crippen molar-refractivity contribution in [2.45, 2.75) is 63.8 Å². The zero-order valence-corrected chi connectivity index (χ0v) is 19.8. The lowest BCUT2D eigenvalue weighted by molar-refractivity contribution is -0.206. The maximum atomic E-state index is 13.8. The monoisotopic (exact) mass is 500 g/mol. The number of aliphatic hydroxyl groups is 1. The summed E-state index contributed by atoms with van der Waals surface area (Å²) in [7, 11) is 0. The van der Waals surface area contributed by atoms with E-state index in [0.29, 0.717) is 17.1 Å². The van der Waals surface area contributed by atoms with Crippen molar-refractivity contribution >= 4 is 22.7 Å². The molecule has 35 heavy (non-hydrogen) atoms. The Kier molecular flexibility index (Phi) is 7.85. The first-order valence-electron chi connectivity index (χ1n) is 12.2. The highest BCUT2D eigenvalue weighted by Gasteiger charge is 2.39. The molecule has 2 aliphatic rings. The molecule has 0 bridgehead atoms. The first-order valence-corrected chi connectivity index (χ1v) is 12.2. The van der Waals surface area contributed by atoms with Crippen LogP contribution in [0.5, 0.6) is 0 Å². The highest BCUT2D eigenvalue weighted by molar-refractivity contribution is 5.89. The van der Waals surface area contributed by atoms with Crippen LogP contribution in [-0.4, -0.2) is 72.1 Å². The molecule has 1 aliphatic heterocycles. The molecule has 1 atom stereocenters. The molecule has 2 heterocycles. The van der Waals surface area contributed by atoms with Crippen molar-refractivity contribution in [2.75, 3.05) is 37.6 Å². The first kappa shape index (κ1) is 25.7. The van der Waals surface area contributed by atoms with Gasteiger partial charge in [0.25, 0.3) is 0 Å². The van der Waals surface area contributed by atoms with Gasteiger partial charge in [-0.25, -0.2) is 4.39 Å². The van der Waals surface area contributed by atoms with Crippen molar-refractivity contribution in [1.29, 1.82) is 0 Å². The number of alkyl halides is 3. The van der Waals surface area contributed by atoms with E-state index in [1.54, 1.807) is 13.0 Å². The molecule has 1 aliphatic carbocycles. The lowest BCUT2D eigenvalue weighted by atomic mass is 9.84.